The highest BCUT2D eigenvalue weighted by molar-refractivity contribution is 7.99. The zero-order valence-electron chi connectivity index (χ0n) is 11.7. The lowest BCUT2D eigenvalue weighted by molar-refractivity contribution is -0.385. The molecule has 0 atom stereocenters. The highest BCUT2D eigenvalue weighted by atomic mass is 32.2. The van der Waals surface area contributed by atoms with E-state index in [0.29, 0.717) is 10.6 Å². The van der Waals surface area contributed by atoms with E-state index in [4.69, 9.17) is 0 Å². The fraction of sp³-hybridized carbons (Fsp3) is 0.417. The molecule has 0 N–H and O–H groups in total. The summed E-state index contributed by atoms with van der Waals surface area (Å²) in [6.45, 7) is 5.79. The van der Waals surface area contributed by atoms with Crippen LogP contribution in [0.25, 0.3) is 0 Å². The van der Waals surface area contributed by atoms with Gasteiger partial charge in [0.15, 0.2) is 5.16 Å². The Hall–Kier alpha value is -1.96. The second-order valence-electron chi connectivity index (χ2n) is 4.72. The van der Waals surface area contributed by atoms with E-state index in [1.165, 1.54) is 18.0 Å². The van der Waals surface area contributed by atoms with Gasteiger partial charge in [-0.15, -0.1) is 10.2 Å². The number of rotatable bonds is 4. The van der Waals surface area contributed by atoms with Crippen LogP contribution in [-0.4, -0.2) is 24.7 Å². The number of nitrogens with zero attached hydrogens (tertiary/aromatic N) is 5. The summed E-state index contributed by atoms with van der Waals surface area (Å²) in [7, 11) is 1.90. The summed E-state index contributed by atoms with van der Waals surface area (Å²) in [6.07, 6.45) is 1.28. The Morgan fingerprint density at radius 3 is 2.60 bits per heavy atom. The molecular formula is C12H15N5O2S. The largest absolute Gasteiger partial charge is 0.309 e. The Morgan fingerprint density at radius 2 is 2.10 bits per heavy atom. The predicted octanol–water partition coefficient (Wildman–Crippen LogP) is 2.70. The number of nitro groups is 1. The van der Waals surface area contributed by atoms with Crippen molar-refractivity contribution in [2.45, 2.75) is 36.9 Å². The van der Waals surface area contributed by atoms with Crippen LogP contribution in [0, 0.1) is 17.0 Å². The molecule has 0 saturated heterocycles. The molecule has 0 unspecified atom stereocenters. The van der Waals surface area contributed by atoms with Gasteiger partial charge in [-0.3, -0.25) is 10.1 Å². The van der Waals surface area contributed by atoms with Gasteiger partial charge in [0.1, 0.15) is 17.0 Å². The lowest BCUT2D eigenvalue weighted by atomic mass is 10.2. The van der Waals surface area contributed by atoms with Crippen molar-refractivity contribution in [3.63, 3.8) is 0 Å². The third-order valence-corrected chi connectivity index (χ3v) is 3.81. The Kier molecular flexibility index (Phi) is 4.03. The topological polar surface area (TPSA) is 86.7 Å². The zero-order chi connectivity index (χ0) is 14.9. The first-order chi connectivity index (χ1) is 9.40. The van der Waals surface area contributed by atoms with E-state index in [1.807, 2.05) is 25.5 Å². The summed E-state index contributed by atoms with van der Waals surface area (Å²) < 4.78 is 1.91. The predicted molar refractivity (Wildman–Crippen MR) is 74.8 cm³/mol. The van der Waals surface area contributed by atoms with Gasteiger partial charge >= 0.3 is 0 Å². The van der Waals surface area contributed by atoms with Crippen LogP contribution in [0.4, 0.5) is 5.69 Å². The lowest BCUT2D eigenvalue weighted by Crippen LogP contribution is -2.01. The molecule has 0 aliphatic heterocycles. The maximum absolute atomic E-state index is 10.8. The third-order valence-electron chi connectivity index (χ3n) is 2.84. The molecule has 20 heavy (non-hydrogen) atoms. The van der Waals surface area contributed by atoms with Crippen molar-refractivity contribution in [3.8, 4) is 0 Å². The minimum atomic E-state index is -0.435. The summed E-state index contributed by atoms with van der Waals surface area (Å²) in [4.78, 5) is 14.4. The van der Waals surface area contributed by atoms with Crippen LogP contribution in [0.15, 0.2) is 22.4 Å². The second kappa shape index (κ2) is 5.58. The molecule has 0 aliphatic rings. The molecule has 0 aromatic carbocycles. The Morgan fingerprint density at radius 1 is 1.40 bits per heavy atom. The summed E-state index contributed by atoms with van der Waals surface area (Å²) in [6, 6.07) is 1.69. The van der Waals surface area contributed by atoms with Crippen LogP contribution in [-0.2, 0) is 7.05 Å². The van der Waals surface area contributed by atoms with Crippen molar-refractivity contribution in [1.82, 2.24) is 19.7 Å². The van der Waals surface area contributed by atoms with Gasteiger partial charge in [-0.05, 0) is 24.8 Å². The summed E-state index contributed by atoms with van der Waals surface area (Å²) >= 11 is 1.34. The van der Waals surface area contributed by atoms with E-state index in [-0.39, 0.29) is 11.6 Å². The molecule has 2 heterocycles. The van der Waals surface area contributed by atoms with Crippen molar-refractivity contribution in [3.05, 3.63) is 33.8 Å². The van der Waals surface area contributed by atoms with Crippen LogP contribution in [0.2, 0.25) is 0 Å². The fourth-order valence-electron chi connectivity index (χ4n) is 1.78. The van der Waals surface area contributed by atoms with Crippen molar-refractivity contribution >= 4 is 17.4 Å². The smallest absolute Gasteiger partial charge is 0.290 e. The summed E-state index contributed by atoms with van der Waals surface area (Å²) in [5.74, 6) is 1.18. The Balaban J connectivity index is 2.27. The number of hydrogen-bond donors (Lipinski definition) is 0. The molecule has 0 amide bonds. The van der Waals surface area contributed by atoms with Gasteiger partial charge in [-0.25, -0.2) is 4.98 Å². The van der Waals surface area contributed by atoms with Gasteiger partial charge in [0.2, 0.25) is 0 Å². The van der Waals surface area contributed by atoms with Crippen LogP contribution >= 0.6 is 11.8 Å². The average molecular weight is 293 g/mol. The first-order valence-corrected chi connectivity index (χ1v) is 6.90. The minimum Gasteiger partial charge on any atom is -0.309 e. The lowest BCUT2D eigenvalue weighted by Gasteiger charge is -2.05. The number of hydrogen-bond acceptors (Lipinski definition) is 6. The van der Waals surface area contributed by atoms with Crippen LogP contribution in [0.1, 0.15) is 31.2 Å². The molecule has 106 valence electrons. The first kappa shape index (κ1) is 14.4. The molecular weight excluding hydrogens is 278 g/mol. The summed E-state index contributed by atoms with van der Waals surface area (Å²) in [5.41, 5.74) is 0.605. The van der Waals surface area contributed by atoms with Gasteiger partial charge < -0.3 is 4.57 Å². The van der Waals surface area contributed by atoms with Crippen LogP contribution in [0.5, 0.6) is 0 Å². The maximum Gasteiger partial charge on any atom is 0.290 e. The highest BCUT2D eigenvalue weighted by Gasteiger charge is 2.16. The second-order valence-corrected chi connectivity index (χ2v) is 5.71. The Bertz CT molecular complexity index is 653. The van der Waals surface area contributed by atoms with Gasteiger partial charge in [0.25, 0.3) is 5.69 Å². The number of pyridine rings is 1. The van der Waals surface area contributed by atoms with E-state index in [9.17, 15) is 10.1 Å². The highest BCUT2D eigenvalue weighted by Crippen LogP contribution is 2.28. The quantitative estimate of drug-likeness (QED) is 0.636. The number of aromatic nitrogens is 4. The standard InChI is InChI=1S/C12H15N5O2S/c1-7(2)11-14-15-12(16(11)4)20-10-5-8(3)9(6-13-10)17(18)19/h5-7H,1-4H3. The number of aryl methyl sites for hydroxylation is 1. The Labute approximate surface area is 120 Å². The molecule has 0 fully saturated rings. The van der Waals surface area contributed by atoms with Crippen molar-refractivity contribution in [1.29, 1.82) is 0 Å². The molecule has 8 heteroatoms. The van der Waals surface area contributed by atoms with Gasteiger partial charge in [-0.1, -0.05) is 13.8 Å². The van der Waals surface area contributed by atoms with Crippen molar-refractivity contribution in [2.75, 3.05) is 0 Å². The van der Waals surface area contributed by atoms with Gasteiger partial charge in [0.05, 0.1) is 4.92 Å². The van der Waals surface area contributed by atoms with E-state index in [0.717, 1.165) is 11.0 Å². The molecule has 0 saturated carbocycles. The minimum absolute atomic E-state index is 0.0233. The van der Waals surface area contributed by atoms with Crippen molar-refractivity contribution in [2.24, 2.45) is 7.05 Å². The zero-order valence-corrected chi connectivity index (χ0v) is 12.5. The van der Waals surface area contributed by atoms with E-state index in [1.54, 1.807) is 13.0 Å². The third kappa shape index (κ3) is 2.79. The molecule has 7 nitrogen and oxygen atoms in total. The summed E-state index contributed by atoms with van der Waals surface area (Å²) in [5, 5.41) is 20.4. The van der Waals surface area contributed by atoms with Crippen LogP contribution in [0.3, 0.4) is 0 Å². The van der Waals surface area contributed by atoms with E-state index in [2.05, 4.69) is 15.2 Å². The molecule has 2 aromatic rings. The normalized spacial score (nSPS) is 11.1. The molecule has 0 radical (unpaired) electrons. The molecule has 2 rings (SSSR count). The molecule has 0 spiro atoms. The first-order valence-electron chi connectivity index (χ1n) is 6.08. The van der Waals surface area contributed by atoms with Gasteiger partial charge in [-0.2, -0.15) is 0 Å². The van der Waals surface area contributed by atoms with Crippen molar-refractivity contribution < 1.29 is 4.92 Å². The van der Waals surface area contributed by atoms with Gasteiger partial charge in [0, 0.05) is 18.5 Å². The molecule has 0 bridgehead atoms. The fourth-order valence-corrected chi connectivity index (χ4v) is 2.62. The van der Waals surface area contributed by atoms with E-state index >= 15 is 0 Å². The van der Waals surface area contributed by atoms with Crippen LogP contribution < -0.4 is 0 Å². The SMILES string of the molecule is Cc1cc(Sc2nnc(C(C)C)n2C)ncc1[N+](=O)[O-]. The monoisotopic (exact) mass is 293 g/mol. The average Bonchev–Trinajstić information content (AvgIpc) is 2.70. The van der Waals surface area contributed by atoms with E-state index < -0.39 is 4.92 Å². The molecule has 0 aliphatic carbocycles. The maximum atomic E-state index is 10.8. The molecule has 2 aromatic heterocycles.